The number of allylic oxidation sites excluding steroid dienone is 6. The van der Waals surface area contributed by atoms with Crippen molar-refractivity contribution in [2.24, 2.45) is 0 Å². The first-order valence-electron chi connectivity index (χ1n) is 9.03. The van der Waals surface area contributed by atoms with Gasteiger partial charge in [0.15, 0.2) is 0 Å². The predicted molar refractivity (Wildman–Crippen MR) is 104 cm³/mol. The largest absolute Gasteiger partial charge is 0.0622 e. The zero-order chi connectivity index (χ0) is 16.5. The minimum Gasteiger partial charge on any atom is -0.0622 e. The molecular weight excluding hydrogens is 288 g/mol. The second-order valence-corrected chi connectivity index (χ2v) is 6.90. The monoisotopic (exact) mass is 312 g/mol. The first-order chi connectivity index (χ1) is 11.8. The molecule has 0 aromatic heterocycles. The van der Waals surface area contributed by atoms with E-state index in [4.69, 9.17) is 0 Å². The molecule has 0 aliphatic heterocycles. The van der Waals surface area contributed by atoms with E-state index < -0.39 is 0 Å². The molecule has 24 heavy (non-hydrogen) atoms. The van der Waals surface area contributed by atoms with Gasteiger partial charge in [0.1, 0.15) is 0 Å². The Morgan fingerprint density at radius 3 is 1.33 bits per heavy atom. The fourth-order valence-electron chi connectivity index (χ4n) is 4.19. The van der Waals surface area contributed by atoms with Crippen molar-refractivity contribution in [1.82, 2.24) is 0 Å². The van der Waals surface area contributed by atoms with Gasteiger partial charge in [0.25, 0.3) is 0 Å². The van der Waals surface area contributed by atoms with Crippen LogP contribution in [0.1, 0.15) is 50.7 Å². The highest BCUT2D eigenvalue weighted by atomic mass is 14.4. The number of hydrogen-bond acceptors (Lipinski definition) is 0. The maximum absolute atomic E-state index is 2.29. The van der Waals surface area contributed by atoms with E-state index >= 15 is 0 Å². The van der Waals surface area contributed by atoms with E-state index in [-0.39, 0.29) is 0 Å². The molecule has 0 radical (unpaired) electrons. The molecule has 0 heterocycles. The average molecular weight is 312 g/mol. The van der Waals surface area contributed by atoms with E-state index in [1.54, 1.807) is 11.1 Å². The molecule has 2 aromatic carbocycles. The van der Waals surface area contributed by atoms with Gasteiger partial charge in [-0.2, -0.15) is 0 Å². The molecule has 0 fully saturated rings. The Bertz CT molecular complexity index is 772. The topological polar surface area (TPSA) is 0 Å². The van der Waals surface area contributed by atoms with Gasteiger partial charge in [-0.05, 0) is 84.1 Å². The Morgan fingerprint density at radius 2 is 0.958 bits per heavy atom. The van der Waals surface area contributed by atoms with Crippen LogP contribution in [0.15, 0.2) is 83.0 Å². The lowest BCUT2D eigenvalue weighted by atomic mass is 9.66. The van der Waals surface area contributed by atoms with Crippen molar-refractivity contribution >= 4 is 11.1 Å². The summed E-state index contributed by atoms with van der Waals surface area (Å²) < 4.78 is 0. The number of hydrogen-bond donors (Lipinski definition) is 0. The van der Waals surface area contributed by atoms with Crippen LogP contribution in [0.4, 0.5) is 0 Å². The summed E-state index contributed by atoms with van der Waals surface area (Å²) in [5.41, 5.74) is 11.9. The second-order valence-electron chi connectivity index (χ2n) is 6.90. The standard InChI is InChI=1S/C24H24/c1-17(19-11-5-3-6-12-19)23-21-15-9-10-16-22(21)24(23)18(2)20-13-7-4-8-14-20/h3-8,11-14H,9-10,15-16H2,1-2H3/b23-17-,24-18+. The highest BCUT2D eigenvalue weighted by molar-refractivity contribution is 5.92. The third-order valence-electron chi connectivity index (χ3n) is 5.48. The summed E-state index contributed by atoms with van der Waals surface area (Å²) in [7, 11) is 0. The van der Waals surface area contributed by atoms with Gasteiger partial charge < -0.3 is 0 Å². The average Bonchev–Trinajstić information content (AvgIpc) is 2.64. The molecule has 0 amide bonds. The van der Waals surface area contributed by atoms with Crippen molar-refractivity contribution in [3.8, 4) is 0 Å². The fraction of sp³-hybridized carbons (Fsp3) is 0.250. The van der Waals surface area contributed by atoms with Crippen LogP contribution >= 0.6 is 0 Å². The van der Waals surface area contributed by atoms with Crippen molar-refractivity contribution in [3.05, 3.63) is 94.1 Å². The zero-order valence-corrected chi connectivity index (χ0v) is 14.6. The van der Waals surface area contributed by atoms with Crippen molar-refractivity contribution in [3.63, 3.8) is 0 Å². The molecule has 4 rings (SSSR count). The molecule has 0 N–H and O–H groups in total. The normalized spacial score (nSPS) is 21.1. The van der Waals surface area contributed by atoms with Gasteiger partial charge in [0.2, 0.25) is 0 Å². The molecule has 0 saturated heterocycles. The Labute approximate surface area is 145 Å². The van der Waals surface area contributed by atoms with E-state index in [1.165, 1.54) is 59.1 Å². The summed E-state index contributed by atoms with van der Waals surface area (Å²) in [6.07, 6.45) is 5.17. The van der Waals surface area contributed by atoms with E-state index in [9.17, 15) is 0 Å². The van der Waals surface area contributed by atoms with Crippen LogP contribution in [0.2, 0.25) is 0 Å². The molecule has 0 nitrogen and oxygen atoms in total. The second kappa shape index (κ2) is 6.28. The summed E-state index contributed by atoms with van der Waals surface area (Å²) in [4.78, 5) is 0. The first kappa shape index (κ1) is 15.2. The molecule has 2 aliphatic carbocycles. The third kappa shape index (κ3) is 2.47. The van der Waals surface area contributed by atoms with Crippen LogP contribution in [-0.2, 0) is 0 Å². The number of rotatable bonds is 2. The molecule has 2 aliphatic rings. The smallest absolute Gasteiger partial charge is 0.0108 e. The van der Waals surface area contributed by atoms with Gasteiger partial charge in [0, 0.05) is 0 Å². The predicted octanol–water partition coefficient (Wildman–Crippen LogP) is 6.82. The highest BCUT2D eigenvalue weighted by Crippen LogP contribution is 2.53. The van der Waals surface area contributed by atoms with Gasteiger partial charge in [-0.25, -0.2) is 0 Å². The van der Waals surface area contributed by atoms with Crippen molar-refractivity contribution in [2.75, 3.05) is 0 Å². The summed E-state index contributed by atoms with van der Waals surface area (Å²) >= 11 is 0. The van der Waals surface area contributed by atoms with Crippen LogP contribution < -0.4 is 0 Å². The minimum absolute atomic E-state index is 1.25. The first-order valence-corrected chi connectivity index (χ1v) is 9.03. The van der Waals surface area contributed by atoms with Gasteiger partial charge in [0.05, 0.1) is 0 Å². The lowest BCUT2D eigenvalue weighted by Crippen LogP contribution is -2.19. The molecule has 120 valence electrons. The Balaban J connectivity index is 1.91. The van der Waals surface area contributed by atoms with Crippen LogP contribution in [-0.4, -0.2) is 0 Å². The van der Waals surface area contributed by atoms with Crippen LogP contribution in [0.3, 0.4) is 0 Å². The maximum Gasteiger partial charge on any atom is -0.0108 e. The van der Waals surface area contributed by atoms with Crippen molar-refractivity contribution in [1.29, 1.82) is 0 Å². The zero-order valence-electron chi connectivity index (χ0n) is 14.6. The van der Waals surface area contributed by atoms with Crippen molar-refractivity contribution in [2.45, 2.75) is 39.5 Å². The molecule has 0 saturated carbocycles. The summed E-state index contributed by atoms with van der Waals surface area (Å²) in [6, 6.07) is 21.7. The van der Waals surface area contributed by atoms with E-state index in [1.807, 2.05) is 0 Å². The minimum atomic E-state index is 1.25. The third-order valence-corrected chi connectivity index (χ3v) is 5.48. The van der Waals surface area contributed by atoms with Crippen LogP contribution in [0, 0.1) is 0 Å². The molecule has 0 unspecified atom stereocenters. The lowest BCUT2D eigenvalue weighted by Gasteiger charge is -2.38. The van der Waals surface area contributed by atoms with Crippen LogP contribution in [0.25, 0.3) is 11.1 Å². The number of benzene rings is 2. The SMILES string of the molecule is C/C(=C1C2=C(CCCC2)C\1=C(\C)c1ccccc1)c1ccccc1. The lowest BCUT2D eigenvalue weighted by molar-refractivity contribution is 0.664. The van der Waals surface area contributed by atoms with Gasteiger partial charge in [-0.1, -0.05) is 60.7 Å². The Morgan fingerprint density at radius 1 is 0.583 bits per heavy atom. The molecule has 0 atom stereocenters. The molecule has 0 spiro atoms. The molecule has 0 bridgehead atoms. The molecule has 0 heteroatoms. The summed E-state index contributed by atoms with van der Waals surface area (Å²) in [5, 5.41) is 0. The van der Waals surface area contributed by atoms with Crippen molar-refractivity contribution < 1.29 is 0 Å². The van der Waals surface area contributed by atoms with E-state index in [0.717, 1.165) is 0 Å². The Kier molecular flexibility index (Phi) is 3.98. The summed E-state index contributed by atoms with van der Waals surface area (Å²) in [6.45, 7) is 4.59. The van der Waals surface area contributed by atoms with Crippen LogP contribution in [0.5, 0.6) is 0 Å². The quantitative estimate of drug-likeness (QED) is 0.571. The maximum atomic E-state index is 2.29. The molecular formula is C24H24. The van der Waals surface area contributed by atoms with E-state index in [2.05, 4.69) is 74.5 Å². The fourth-order valence-corrected chi connectivity index (χ4v) is 4.19. The highest BCUT2D eigenvalue weighted by Gasteiger charge is 2.33. The Hall–Kier alpha value is -2.34. The molecule has 2 aromatic rings. The van der Waals surface area contributed by atoms with Gasteiger partial charge in [-0.15, -0.1) is 0 Å². The van der Waals surface area contributed by atoms with Gasteiger partial charge in [-0.3, -0.25) is 0 Å². The van der Waals surface area contributed by atoms with E-state index in [0.29, 0.717) is 0 Å². The van der Waals surface area contributed by atoms with Gasteiger partial charge >= 0.3 is 0 Å². The summed E-state index contributed by atoms with van der Waals surface area (Å²) in [5.74, 6) is 0.